The monoisotopic (exact) mass is 291 g/mol. The summed E-state index contributed by atoms with van der Waals surface area (Å²) in [5, 5.41) is 8.58. The van der Waals surface area contributed by atoms with Gasteiger partial charge in [0, 0.05) is 18.3 Å². The van der Waals surface area contributed by atoms with Gasteiger partial charge in [-0.3, -0.25) is 14.6 Å². The number of hydrogen-bond donors (Lipinski definition) is 2. The van der Waals surface area contributed by atoms with E-state index in [1.807, 2.05) is 0 Å². The molecule has 9 heteroatoms. The van der Waals surface area contributed by atoms with Crippen molar-refractivity contribution in [3.63, 3.8) is 0 Å². The third-order valence-corrected chi connectivity index (χ3v) is 2.26. The molecule has 110 valence electrons. The van der Waals surface area contributed by atoms with Gasteiger partial charge < -0.3 is 15.7 Å². The summed E-state index contributed by atoms with van der Waals surface area (Å²) in [4.78, 5) is 26.5. The van der Waals surface area contributed by atoms with Gasteiger partial charge in [-0.15, -0.1) is 0 Å². The largest absolute Gasteiger partial charge is 0.480 e. The number of aliphatic carboxylic acids is 1. The van der Waals surface area contributed by atoms with Gasteiger partial charge in [0.25, 0.3) is 5.91 Å². The van der Waals surface area contributed by atoms with E-state index in [0.717, 1.165) is 0 Å². The zero-order valence-corrected chi connectivity index (χ0v) is 10.2. The summed E-state index contributed by atoms with van der Waals surface area (Å²) in [6.07, 6.45) is -3.46. The fraction of sp³-hybridized carbons (Fsp3) is 0.364. The first kappa shape index (κ1) is 15.9. The minimum absolute atomic E-state index is 0.0132. The third-order valence-electron chi connectivity index (χ3n) is 2.26. The fourth-order valence-corrected chi connectivity index (χ4v) is 1.48. The second kappa shape index (κ2) is 6.33. The van der Waals surface area contributed by atoms with Gasteiger partial charge >= 0.3 is 12.1 Å². The molecular weight excluding hydrogens is 279 g/mol. The van der Waals surface area contributed by atoms with Gasteiger partial charge in [-0.1, -0.05) is 0 Å². The number of carbonyl (C=O) groups is 2. The number of alkyl halides is 3. The molecule has 1 rings (SSSR count). The van der Waals surface area contributed by atoms with E-state index < -0.39 is 31.1 Å². The lowest BCUT2D eigenvalue weighted by atomic mass is 10.2. The van der Waals surface area contributed by atoms with Crippen molar-refractivity contribution in [2.75, 3.05) is 13.1 Å². The molecule has 0 atom stereocenters. The van der Waals surface area contributed by atoms with Crippen molar-refractivity contribution >= 4 is 11.9 Å². The lowest BCUT2D eigenvalue weighted by Crippen LogP contribution is -2.42. The summed E-state index contributed by atoms with van der Waals surface area (Å²) in [6.45, 7) is -2.67. The van der Waals surface area contributed by atoms with Gasteiger partial charge in [0.05, 0.1) is 5.69 Å². The summed E-state index contributed by atoms with van der Waals surface area (Å²) in [7, 11) is 0. The predicted molar refractivity (Wildman–Crippen MR) is 61.7 cm³/mol. The number of rotatable bonds is 5. The van der Waals surface area contributed by atoms with E-state index >= 15 is 0 Å². The number of nitrogens with two attached hydrogens (primary N) is 1. The number of halogens is 3. The molecule has 6 nitrogen and oxygen atoms in total. The van der Waals surface area contributed by atoms with Gasteiger partial charge in [-0.2, -0.15) is 13.2 Å². The van der Waals surface area contributed by atoms with Gasteiger partial charge in [0.1, 0.15) is 13.1 Å². The van der Waals surface area contributed by atoms with Crippen LogP contribution in [-0.4, -0.2) is 46.1 Å². The molecule has 20 heavy (non-hydrogen) atoms. The lowest BCUT2D eigenvalue weighted by Gasteiger charge is -2.22. The lowest BCUT2D eigenvalue weighted by molar-refractivity contribution is -0.149. The molecule has 0 aliphatic heterocycles. The van der Waals surface area contributed by atoms with Crippen molar-refractivity contribution in [2.45, 2.75) is 12.7 Å². The van der Waals surface area contributed by atoms with Gasteiger partial charge in [-0.05, 0) is 12.1 Å². The van der Waals surface area contributed by atoms with Crippen LogP contribution in [0.25, 0.3) is 0 Å². The van der Waals surface area contributed by atoms with Crippen LogP contribution in [0.5, 0.6) is 0 Å². The van der Waals surface area contributed by atoms with E-state index in [0.29, 0.717) is 5.69 Å². The molecule has 1 heterocycles. The fourth-order valence-electron chi connectivity index (χ4n) is 1.48. The first-order chi connectivity index (χ1) is 9.23. The van der Waals surface area contributed by atoms with E-state index in [9.17, 15) is 22.8 Å². The van der Waals surface area contributed by atoms with E-state index in [1.165, 1.54) is 18.3 Å². The molecule has 0 bridgehead atoms. The normalized spacial score (nSPS) is 11.2. The van der Waals surface area contributed by atoms with Crippen LogP contribution in [0.4, 0.5) is 13.2 Å². The molecule has 0 radical (unpaired) electrons. The Hall–Kier alpha value is -2.16. The number of hydrogen-bond acceptors (Lipinski definition) is 4. The van der Waals surface area contributed by atoms with Crippen LogP contribution in [0.3, 0.4) is 0 Å². The highest BCUT2D eigenvalue weighted by molar-refractivity contribution is 5.95. The summed E-state index contributed by atoms with van der Waals surface area (Å²) < 4.78 is 37.1. The Balaban J connectivity index is 2.99. The Labute approximate surface area is 112 Å². The van der Waals surface area contributed by atoms with E-state index in [2.05, 4.69) is 4.98 Å². The van der Waals surface area contributed by atoms with Crippen LogP contribution < -0.4 is 5.73 Å². The average Bonchev–Trinajstić information content (AvgIpc) is 2.35. The molecule has 0 saturated carbocycles. The Morgan fingerprint density at radius 3 is 2.55 bits per heavy atom. The maximum Gasteiger partial charge on any atom is 0.406 e. The quantitative estimate of drug-likeness (QED) is 0.829. The highest BCUT2D eigenvalue weighted by atomic mass is 19.4. The molecule has 0 aromatic carbocycles. The summed E-state index contributed by atoms with van der Waals surface area (Å²) in [5.74, 6) is -2.57. The highest BCUT2D eigenvalue weighted by Gasteiger charge is 2.34. The number of carboxylic acid groups (broad SMARTS) is 1. The van der Waals surface area contributed by atoms with Crippen LogP contribution in [-0.2, 0) is 11.3 Å². The maximum atomic E-state index is 12.4. The van der Waals surface area contributed by atoms with Gasteiger partial charge in [0.2, 0.25) is 0 Å². The van der Waals surface area contributed by atoms with Crippen LogP contribution in [0, 0.1) is 0 Å². The molecule has 0 saturated heterocycles. The van der Waals surface area contributed by atoms with Crippen LogP contribution in [0.15, 0.2) is 18.3 Å². The minimum Gasteiger partial charge on any atom is -0.480 e. The number of amides is 1. The van der Waals surface area contributed by atoms with Crippen molar-refractivity contribution < 1.29 is 27.9 Å². The number of nitrogens with zero attached hydrogens (tertiary/aromatic N) is 2. The molecule has 0 unspecified atom stereocenters. The molecule has 0 aliphatic rings. The Morgan fingerprint density at radius 2 is 2.05 bits per heavy atom. The molecule has 0 fully saturated rings. The predicted octanol–water partition coefficient (Wildman–Crippen LogP) is 0.629. The van der Waals surface area contributed by atoms with Crippen LogP contribution >= 0.6 is 0 Å². The zero-order chi connectivity index (χ0) is 15.3. The smallest absolute Gasteiger partial charge is 0.406 e. The summed E-state index contributed by atoms with van der Waals surface area (Å²) in [5.41, 5.74) is 5.54. The molecule has 1 amide bonds. The van der Waals surface area contributed by atoms with Crippen molar-refractivity contribution in [3.05, 3.63) is 29.6 Å². The van der Waals surface area contributed by atoms with Crippen molar-refractivity contribution in [2.24, 2.45) is 5.73 Å². The third kappa shape index (κ3) is 4.84. The number of carbonyl (C=O) groups excluding carboxylic acids is 1. The van der Waals surface area contributed by atoms with E-state index in [-0.39, 0.29) is 17.0 Å². The topological polar surface area (TPSA) is 96.5 Å². The summed E-state index contributed by atoms with van der Waals surface area (Å²) >= 11 is 0. The van der Waals surface area contributed by atoms with Gasteiger partial charge in [0.15, 0.2) is 0 Å². The maximum absolute atomic E-state index is 12.4. The van der Waals surface area contributed by atoms with Crippen molar-refractivity contribution in [1.29, 1.82) is 0 Å². The number of aromatic nitrogens is 1. The molecule has 3 N–H and O–H groups in total. The molecular formula is C11H12F3N3O3. The Bertz CT molecular complexity index is 505. The Kier molecular flexibility index (Phi) is 5.03. The number of carboxylic acids is 1. The standard InChI is InChI=1S/C11H12F3N3O3/c12-11(13,14)6-17(5-9(18)19)10(20)7-1-2-16-8(3-7)4-15/h1-3H,4-6,15H2,(H,18,19). The highest BCUT2D eigenvalue weighted by Crippen LogP contribution is 2.18. The molecule has 0 aliphatic carbocycles. The molecule has 1 aromatic heterocycles. The SMILES string of the molecule is NCc1cc(C(=O)N(CC(=O)O)CC(F)(F)F)ccn1. The van der Waals surface area contributed by atoms with E-state index in [4.69, 9.17) is 10.8 Å². The van der Waals surface area contributed by atoms with Crippen LogP contribution in [0.1, 0.15) is 16.1 Å². The average molecular weight is 291 g/mol. The van der Waals surface area contributed by atoms with Gasteiger partial charge in [-0.25, -0.2) is 0 Å². The number of pyridine rings is 1. The van der Waals surface area contributed by atoms with Crippen molar-refractivity contribution in [3.8, 4) is 0 Å². The second-order valence-electron chi connectivity index (χ2n) is 3.91. The molecule has 1 aromatic rings. The van der Waals surface area contributed by atoms with Crippen molar-refractivity contribution in [1.82, 2.24) is 9.88 Å². The first-order valence-electron chi connectivity index (χ1n) is 5.45. The minimum atomic E-state index is -4.69. The zero-order valence-electron chi connectivity index (χ0n) is 10.2. The Morgan fingerprint density at radius 1 is 1.40 bits per heavy atom. The second-order valence-corrected chi connectivity index (χ2v) is 3.91. The first-order valence-corrected chi connectivity index (χ1v) is 5.45. The summed E-state index contributed by atoms with van der Waals surface area (Å²) in [6, 6.07) is 2.43. The molecule has 0 spiro atoms. The van der Waals surface area contributed by atoms with E-state index in [1.54, 1.807) is 0 Å². The van der Waals surface area contributed by atoms with Crippen LogP contribution in [0.2, 0.25) is 0 Å².